The quantitative estimate of drug-likeness (QED) is 0.607. The Hall–Kier alpha value is -2.08. The van der Waals surface area contributed by atoms with Crippen LogP contribution in [0.15, 0.2) is 48.5 Å². The van der Waals surface area contributed by atoms with Crippen LogP contribution in [0.4, 0.5) is 23.2 Å². The summed E-state index contributed by atoms with van der Waals surface area (Å²) in [4.78, 5) is 4.43. The molecule has 0 aliphatic carbocycles. The van der Waals surface area contributed by atoms with Crippen molar-refractivity contribution in [2.75, 3.05) is 31.1 Å². The van der Waals surface area contributed by atoms with E-state index >= 15 is 0 Å². The van der Waals surface area contributed by atoms with Crippen molar-refractivity contribution in [1.29, 1.82) is 0 Å². The summed E-state index contributed by atoms with van der Waals surface area (Å²) < 4.78 is 52.1. The van der Waals surface area contributed by atoms with Gasteiger partial charge >= 0.3 is 6.18 Å². The lowest BCUT2D eigenvalue weighted by molar-refractivity contribution is -0.137. The van der Waals surface area contributed by atoms with Crippen molar-refractivity contribution in [2.45, 2.75) is 38.4 Å². The van der Waals surface area contributed by atoms with Gasteiger partial charge in [-0.3, -0.25) is 4.90 Å². The molecule has 1 aliphatic rings. The monoisotopic (exact) mass is 394 g/mol. The largest absolute Gasteiger partial charge is 0.416 e. The molecular formula is C22H26F4N2. The lowest BCUT2D eigenvalue weighted by Gasteiger charge is -2.40. The fourth-order valence-corrected chi connectivity index (χ4v) is 3.86. The minimum atomic E-state index is -4.32. The van der Waals surface area contributed by atoms with E-state index in [0.717, 1.165) is 44.0 Å². The van der Waals surface area contributed by atoms with Crippen LogP contribution in [0, 0.1) is 5.82 Å². The van der Waals surface area contributed by atoms with E-state index in [0.29, 0.717) is 24.8 Å². The van der Waals surface area contributed by atoms with Crippen LogP contribution in [0.5, 0.6) is 0 Å². The first kappa shape index (κ1) is 20.6. The molecule has 1 heterocycles. The van der Waals surface area contributed by atoms with E-state index in [1.807, 2.05) is 17.0 Å². The molecule has 0 aromatic heterocycles. The van der Waals surface area contributed by atoms with E-state index in [1.54, 1.807) is 6.07 Å². The van der Waals surface area contributed by atoms with Gasteiger partial charge in [-0.2, -0.15) is 13.2 Å². The highest BCUT2D eigenvalue weighted by molar-refractivity contribution is 5.49. The Morgan fingerprint density at radius 2 is 1.64 bits per heavy atom. The summed E-state index contributed by atoms with van der Waals surface area (Å²) in [7, 11) is 0. The Bertz CT molecular complexity index is 750. The first-order chi connectivity index (χ1) is 13.4. The number of alkyl halides is 3. The zero-order chi connectivity index (χ0) is 20.1. The van der Waals surface area contributed by atoms with Crippen molar-refractivity contribution in [2.24, 2.45) is 0 Å². The smallest absolute Gasteiger partial charge is 0.369 e. The Morgan fingerprint density at radius 1 is 0.964 bits per heavy atom. The van der Waals surface area contributed by atoms with Gasteiger partial charge in [-0.15, -0.1) is 0 Å². The predicted molar refractivity (Wildman–Crippen MR) is 104 cm³/mol. The number of hydrogen-bond acceptors (Lipinski definition) is 2. The molecule has 0 saturated carbocycles. The molecule has 2 nitrogen and oxygen atoms in total. The highest BCUT2D eigenvalue weighted by atomic mass is 19.4. The predicted octanol–water partition coefficient (Wildman–Crippen LogP) is 5.38. The molecule has 28 heavy (non-hydrogen) atoms. The minimum Gasteiger partial charge on any atom is -0.369 e. The summed E-state index contributed by atoms with van der Waals surface area (Å²) in [5, 5.41) is 0. The second-order valence-electron chi connectivity index (χ2n) is 7.34. The van der Waals surface area contributed by atoms with E-state index < -0.39 is 11.7 Å². The standard InChI is InChI=1S/C22H26F4N2/c1-2-4-20(15-17-7-9-19(23)10-8-17)27-11-13-28(14-12-27)21-6-3-5-18(16-21)22(24,25)26/h3,5-10,16,20H,2,4,11-15H2,1H3. The van der Waals surface area contributed by atoms with Crippen LogP contribution in [0.1, 0.15) is 30.9 Å². The topological polar surface area (TPSA) is 6.48 Å². The maximum absolute atomic E-state index is 13.1. The van der Waals surface area contributed by atoms with E-state index in [2.05, 4.69) is 11.8 Å². The molecule has 1 unspecified atom stereocenters. The van der Waals surface area contributed by atoms with Crippen LogP contribution in [-0.4, -0.2) is 37.1 Å². The fourth-order valence-electron chi connectivity index (χ4n) is 3.86. The Kier molecular flexibility index (Phi) is 6.60. The molecule has 0 spiro atoms. The molecule has 1 saturated heterocycles. The van der Waals surface area contributed by atoms with Gasteiger partial charge in [-0.05, 0) is 48.7 Å². The van der Waals surface area contributed by atoms with Gasteiger partial charge in [0.1, 0.15) is 5.82 Å². The lowest BCUT2D eigenvalue weighted by atomic mass is 9.99. The minimum absolute atomic E-state index is 0.231. The van der Waals surface area contributed by atoms with Crippen molar-refractivity contribution in [1.82, 2.24) is 4.90 Å². The molecule has 0 N–H and O–H groups in total. The van der Waals surface area contributed by atoms with Gasteiger partial charge in [0.05, 0.1) is 5.56 Å². The molecule has 2 aromatic carbocycles. The van der Waals surface area contributed by atoms with Crippen molar-refractivity contribution < 1.29 is 17.6 Å². The van der Waals surface area contributed by atoms with Gasteiger partial charge < -0.3 is 4.90 Å². The molecule has 0 radical (unpaired) electrons. The first-order valence-corrected chi connectivity index (χ1v) is 9.77. The number of piperazine rings is 1. The van der Waals surface area contributed by atoms with Gasteiger partial charge in [-0.25, -0.2) is 4.39 Å². The Morgan fingerprint density at radius 3 is 2.25 bits per heavy atom. The highest BCUT2D eigenvalue weighted by Crippen LogP contribution is 2.32. The maximum Gasteiger partial charge on any atom is 0.416 e. The van der Waals surface area contributed by atoms with Crippen molar-refractivity contribution >= 4 is 5.69 Å². The zero-order valence-electron chi connectivity index (χ0n) is 16.1. The first-order valence-electron chi connectivity index (χ1n) is 9.77. The van der Waals surface area contributed by atoms with Crippen molar-refractivity contribution in [3.63, 3.8) is 0 Å². The number of hydrogen-bond donors (Lipinski definition) is 0. The molecular weight excluding hydrogens is 368 g/mol. The molecule has 1 aliphatic heterocycles. The third-order valence-electron chi connectivity index (χ3n) is 5.38. The summed E-state index contributed by atoms with van der Waals surface area (Å²) in [5.41, 5.74) is 1.13. The SMILES string of the molecule is CCCC(Cc1ccc(F)cc1)N1CCN(c2cccc(C(F)(F)F)c2)CC1. The molecule has 2 aromatic rings. The lowest BCUT2D eigenvalue weighted by Crippen LogP contribution is -2.51. The molecule has 152 valence electrons. The molecule has 1 fully saturated rings. The number of rotatable bonds is 6. The van der Waals surface area contributed by atoms with E-state index in [9.17, 15) is 17.6 Å². The van der Waals surface area contributed by atoms with Crippen LogP contribution in [0.3, 0.4) is 0 Å². The van der Waals surface area contributed by atoms with Crippen LogP contribution < -0.4 is 4.90 Å². The summed E-state index contributed by atoms with van der Waals surface area (Å²) in [6.45, 7) is 5.16. The van der Waals surface area contributed by atoms with E-state index in [1.165, 1.54) is 24.3 Å². The third-order valence-corrected chi connectivity index (χ3v) is 5.38. The average Bonchev–Trinajstić information content (AvgIpc) is 2.69. The zero-order valence-corrected chi connectivity index (χ0v) is 16.1. The fraction of sp³-hybridized carbons (Fsp3) is 0.455. The third kappa shape index (κ3) is 5.25. The summed E-state index contributed by atoms with van der Waals surface area (Å²) >= 11 is 0. The number of benzene rings is 2. The second-order valence-corrected chi connectivity index (χ2v) is 7.34. The summed E-state index contributed by atoms with van der Waals surface area (Å²) in [6.07, 6.45) is -1.36. The van der Waals surface area contributed by atoms with Crippen LogP contribution in [0.2, 0.25) is 0 Å². The normalized spacial score (nSPS) is 17.0. The molecule has 3 rings (SSSR count). The van der Waals surface area contributed by atoms with Gasteiger partial charge in [0.25, 0.3) is 0 Å². The second kappa shape index (κ2) is 8.95. The van der Waals surface area contributed by atoms with Crippen LogP contribution >= 0.6 is 0 Å². The van der Waals surface area contributed by atoms with Gasteiger partial charge in [0.15, 0.2) is 0 Å². The van der Waals surface area contributed by atoms with Crippen LogP contribution in [-0.2, 0) is 12.6 Å². The summed E-state index contributed by atoms with van der Waals surface area (Å²) in [6, 6.07) is 12.6. The van der Waals surface area contributed by atoms with Gasteiger partial charge in [0.2, 0.25) is 0 Å². The maximum atomic E-state index is 13.1. The average molecular weight is 394 g/mol. The molecule has 1 atom stereocenters. The van der Waals surface area contributed by atoms with Gasteiger partial charge in [-0.1, -0.05) is 31.5 Å². The molecule has 0 bridgehead atoms. The van der Waals surface area contributed by atoms with Gasteiger partial charge in [0, 0.05) is 37.9 Å². The highest BCUT2D eigenvalue weighted by Gasteiger charge is 2.31. The Labute approximate surface area is 163 Å². The van der Waals surface area contributed by atoms with Crippen LogP contribution in [0.25, 0.3) is 0 Å². The van der Waals surface area contributed by atoms with Crippen molar-refractivity contribution in [3.8, 4) is 0 Å². The Balaban J connectivity index is 1.63. The van der Waals surface area contributed by atoms with Crippen molar-refractivity contribution in [3.05, 3.63) is 65.5 Å². The number of halogens is 4. The molecule has 6 heteroatoms. The number of anilines is 1. The summed E-state index contributed by atoms with van der Waals surface area (Å²) in [5.74, 6) is -0.231. The number of nitrogens with zero attached hydrogens (tertiary/aromatic N) is 2. The molecule has 0 amide bonds. The van der Waals surface area contributed by atoms with E-state index in [4.69, 9.17) is 0 Å². The van der Waals surface area contributed by atoms with E-state index in [-0.39, 0.29) is 5.82 Å².